The molecule has 3 N–H and O–H groups in total. The summed E-state index contributed by atoms with van der Waals surface area (Å²) in [6.07, 6.45) is 7.56. The summed E-state index contributed by atoms with van der Waals surface area (Å²) in [7, 11) is 0. The third kappa shape index (κ3) is 11.0. The number of nitrogens with two attached hydrogens (primary N) is 1. The third-order valence-corrected chi connectivity index (χ3v) is 3.74. The second-order valence-corrected chi connectivity index (χ2v) is 6.62. The van der Waals surface area contributed by atoms with Gasteiger partial charge in [0, 0.05) is 13.0 Å². The molecular formula is C16H34N2O. The number of hydrogen-bond acceptors (Lipinski definition) is 2. The maximum Gasteiger partial charge on any atom is 0.220 e. The van der Waals surface area contributed by atoms with E-state index < -0.39 is 0 Å². The van der Waals surface area contributed by atoms with Crippen LogP contribution in [0.2, 0.25) is 0 Å². The van der Waals surface area contributed by atoms with Crippen molar-refractivity contribution in [2.24, 2.45) is 17.1 Å². The SMILES string of the molecule is CCCCCC(C)(C)CNC(=O)CCC(C)CCN. The molecule has 1 amide bonds. The van der Waals surface area contributed by atoms with Crippen LogP contribution in [0.5, 0.6) is 0 Å². The van der Waals surface area contributed by atoms with Gasteiger partial charge in [-0.3, -0.25) is 4.79 Å². The minimum atomic E-state index is 0.187. The Morgan fingerprint density at radius 2 is 1.95 bits per heavy atom. The maximum absolute atomic E-state index is 11.8. The third-order valence-electron chi connectivity index (χ3n) is 3.74. The number of hydrogen-bond donors (Lipinski definition) is 2. The highest BCUT2D eigenvalue weighted by Gasteiger charge is 2.18. The van der Waals surface area contributed by atoms with Crippen LogP contribution in [0.25, 0.3) is 0 Å². The zero-order chi connectivity index (χ0) is 14.7. The lowest BCUT2D eigenvalue weighted by Gasteiger charge is -2.25. The molecule has 0 heterocycles. The molecule has 0 saturated heterocycles. The van der Waals surface area contributed by atoms with Gasteiger partial charge in [0.15, 0.2) is 0 Å². The predicted octanol–water partition coefficient (Wildman–Crippen LogP) is 3.47. The summed E-state index contributed by atoms with van der Waals surface area (Å²) in [6, 6.07) is 0. The van der Waals surface area contributed by atoms with Crippen molar-refractivity contribution in [3.05, 3.63) is 0 Å². The summed E-state index contributed by atoms with van der Waals surface area (Å²) >= 11 is 0. The molecule has 0 aromatic heterocycles. The number of rotatable bonds is 11. The number of carbonyl (C=O) groups excluding carboxylic acids is 1. The predicted molar refractivity (Wildman–Crippen MR) is 83.0 cm³/mol. The summed E-state index contributed by atoms with van der Waals surface area (Å²) in [5, 5.41) is 3.08. The Morgan fingerprint density at radius 1 is 1.26 bits per heavy atom. The van der Waals surface area contributed by atoms with E-state index in [-0.39, 0.29) is 11.3 Å². The molecule has 0 fully saturated rings. The highest BCUT2D eigenvalue weighted by Crippen LogP contribution is 2.22. The largest absolute Gasteiger partial charge is 0.356 e. The first kappa shape index (κ1) is 18.4. The van der Waals surface area contributed by atoms with E-state index in [0.717, 1.165) is 19.4 Å². The summed E-state index contributed by atoms with van der Waals surface area (Å²) in [5.41, 5.74) is 5.72. The molecule has 19 heavy (non-hydrogen) atoms. The minimum absolute atomic E-state index is 0.187. The van der Waals surface area contributed by atoms with Gasteiger partial charge < -0.3 is 11.1 Å². The van der Waals surface area contributed by atoms with Crippen LogP contribution in [0.15, 0.2) is 0 Å². The maximum atomic E-state index is 11.8. The van der Waals surface area contributed by atoms with Crippen LogP contribution in [0.4, 0.5) is 0 Å². The van der Waals surface area contributed by atoms with Gasteiger partial charge in [0.05, 0.1) is 0 Å². The van der Waals surface area contributed by atoms with Crippen LogP contribution < -0.4 is 11.1 Å². The van der Waals surface area contributed by atoms with Gasteiger partial charge in [-0.1, -0.05) is 47.0 Å². The number of unbranched alkanes of at least 4 members (excludes halogenated alkanes) is 2. The highest BCUT2D eigenvalue weighted by atomic mass is 16.1. The van der Waals surface area contributed by atoms with Crippen molar-refractivity contribution >= 4 is 5.91 Å². The summed E-state index contributed by atoms with van der Waals surface area (Å²) in [6.45, 7) is 10.4. The Balaban J connectivity index is 3.75. The van der Waals surface area contributed by atoms with E-state index in [1.54, 1.807) is 0 Å². The molecule has 0 aromatic rings. The molecule has 0 spiro atoms. The van der Waals surface area contributed by atoms with Crippen molar-refractivity contribution < 1.29 is 4.79 Å². The van der Waals surface area contributed by atoms with Crippen molar-refractivity contribution in [1.82, 2.24) is 5.32 Å². The molecule has 0 aliphatic rings. The topological polar surface area (TPSA) is 55.1 Å². The van der Waals surface area contributed by atoms with E-state index in [9.17, 15) is 4.79 Å². The van der Waals surface area contributed by atoms with Crippen molar-refractivity contribution in [1.29, 1.82) is 0 Å². The minimum Gasteiger partial charge on any atom is -0.356 e. The second-order valence-electron chi connectivity index (χ2n) is 6.62. The fourth-order valence-corrected chi connectivity index (χ4v) is 2.17. The van der Waals surface area contributed by atoms with Gasteiger partial charge in [-0.05, 0) is 37.1 Å². The molecule has 0 aliphatic heterocycles. The molecule has 0 aliphatic carbocycles. The first-order chi connectivity index (χ1) is 8.91. The Kier molecular flexibility index (Phi) is 9.94. The second kappa shape index (κ2) is 10.2. The van der Waals surface area contributed by atoms with Crippen LogP contribution in [-0.4, -0.2) is 19.0 Å². The molecular weight excluding hydrogens is 236 g/mol. The average Bonchev–Trinajstić information content (AvgIpc) is 2.34. The Hall–Kier alpha value is -0.570. The van der Waals surface area contributed by atoms with Crippen molar-refractivity contribution in [3.8, 4) is 0 Å². The standard InChI is InChI=1S/C16H34N2O/c1-5-6-7-11-16(3,4)13-18-15(19)9-8-14(2)10-12-17/h14H,5-13,17H2,1-4H3,(H,18,19). The number of amides is 1. The fraction of sp³-hybridized carbons (Fsp3) is 0.938. The van der Waals surface area contributed by atoms with Gasteiger partial charge in [0.25, 0.3) is 0 Å². The van der Waals surface area contributed by atoms with Crippen LogP contribution in [0, 0.1) is 11.3 Å². The molecule has 0 bridgehead atoms. The molecule has 3 heteroatoms. The molecule has 0 radical (unpaired) electrons. The molecule has 0 aromatic carbocycles. The van der Waals surface area contributed by atoms with E-state index in [1.165, 1.54) is 25.7 Å². The van der Waals surface area contributed by atoms with Crippen molar-refractivity contribution in [3.63, 3.8) is 0 Å². The first-order valence-corrected chi connectivity index (χ1v) is 7.88. The van der Waals surface area contributed by atoms with Gasteiger partial charge in [-0.25, -0.2) is 0 Å². The average molecular weight is 270 g/mol. The van der Waals surface area contributed by atoms with E-state index in [4.69, 9.17) is 5.73 Å². The van der Waals surface area contributed by atoms with E-state index in [0.29, 0.717) is 18.9 Å². The molecule has 1 unspecified atom stereocenters. The molecule has 0 rings (SSSR count). The van der Waals surface area contributed by atoms with Gasteiger partial charge in [0.1, 0.15) is 0 Å². The lowest BCUT2D eigenvalue weighted by atomic mass is 9.87. The molecule has 0 saturated carbocycles. The van der Waals surface area contributed by atoms with Crippen molar-refractivity contribution in [2.75, 3.05) is 13.1 Å². The van der Waals surface area contributed by atoms with E-state index in [1.807, 2.05) is 0 Å². The van der Waals surface area contributed by atoms with E-state index >= 15 is 0 Å². The smallest absolute Gasteiger partial charge is 0.220 e. The first-order valence-electron chi connectivity index (χ1n) is 7.88. The van der Waals surface area contributed by atoms with Gasteiger partial charge in [0.2, 0.25) is 5.91 Å². The monoisotopic (exact) mass is 270 g/mol. The lowest BCUT2D eigenvalue weighted by molar-refractivity contribution is -0.121. The fourth-order valence-electron chi connectivity index (χ4n) is 2.17. The number of nitrogens with one attached hydrogen (secondary N) is 1. The Labute approximate surface area is 119 Å². The van der Waals surface area contributed by atoms with Gasteiger partial charge >= 0.3 is 0 Å². The lowest BCUT2D eigenvalue weighted by Crippen LogP contribution is -2.34. The normalized spacial score (nSPS) is 13.3. The van der Waals surface area contributed by atoms with Crippen LogP contribution in [0.1, 0.15) is 72.6 Å². The Bertz CT molecular complexity index is 239. The van der Waals surface area contributed by atoms with Crippen LogP contribution in [-0.2, 0) is 4.79 Å². The molecule has 1 atom stereocenters. The molecule has 114 valence electrons. The number of carbonyl (C=O) groups is 1. The van der Waals surface area contributed by atoms with E-state index in [2.05, 4.69) is 33.0 Å². The van der Waals surface area contributed by atoms with Crippen molar-refractivity contribution in [2.45, 2.75) is 72.6 Å². The van der Waals surface area contributed by atoms with Crippen LogP contribution >= 0.6 is 0 Å². The quantitative estimate of drug-likeness (QED) is 0.565. The summed E-state index contributed by atoms with van der Waals surface area (Å²) in [4.78, 5) is 11.8. The highest BCUT2D eigenvalue weighted by molar-refractivity contribution is 5.75. The molecule has 3 nitrogen and oxygen atoms in total. The zero-order valence-corrected chi connectivity index (χ0v) is 13.4. The summed E-state index contributed by atoms with van der Waals surface area (Å²) < 4.78 is 0. The van der Waals surface area contributed by atoms with Crippen LogP contribution in [0.3, 0.4) is 0 Å². The van der Waals surface area contributed by atoms with Gasteiger partial charge in [-0.2, -0.15) is 0 Å². The van der Waals surface area contributed by atoms with Gasteiger partial charge in [-0.15, -0.1) is 0 Å². The zero-order valence-electron chi connectivity index (χ0n) is 13.4. The Morgan fingerprint density at radius 3 is 2.53 bits per heavy atom. The summed E-state index contributed by atoms with van der Waals surface area (Å²) in [5.74, 6) is 0.737.